The Labute approximate surface area is 104 Å². The number of hydrogen-bond acceptors (Lipinski definition) is 4. The molecule has 94 valence electrons. The maximum absolute atomic E-state index is 11.8. The summed E-state index contributed by atoms with van der Waals surface area (Å²) in [5, 5.41) is 0. The molecule has 3 N–H and O–H groups in total. The molecule has 1 aromatic heterocycles. The van der Waals surface area contributed by atoms with Crippen LogP contribution in [0.25, 0.3) is 0 Å². The second kappa shape index (κ2) is 5.99. The highest BCUT2D eigenvalue weighted by Crippen LogP contribution is 2.07. The molecule has 8 heteroatoms. The van der Waals surface area contributed by atoms with Gasteiger partial charge in [0.05, 0.1) is 12.4 Å². The van der Waals surface area contributed by atoms with E-state index in [2.05, 4.69) is 9.71 Å². The summed E-state index contributed by atoms with van der Waals surface area (Å²) in [4.78, 5) is 3.91. The van der Waals surface area contributed by atoms with Gasteiger partial charge in [0.2, 0.25) is 10.0 Å². The predicted molar refractivity (Wildman–Crippen MR) is 65.9 cm³/mol. The predicted octanol–water partition coefficient (Wildman–Crippen LogP) is 0.354. The fourth-order valence-electron chi connectivity index (χ4n) is 1.04. The maximum Gasteiger partial charge on any atom is 0.242 e. The minimum absolute atomic E-state index is 0.00337. The molecule has 1 heterocycles. The van der Waals surface area contributed by atoms with Gasteiger partial charge in [0.1, 0.15) is 9.88 Å². The van der Waals surface area contributed by atoms with Crippen molar-refractivity contribution in [1.82, 2.24) is 9.71 Å². The number of aromatic nitrogens is 1. The topological polar surface area (TPSA) is 85.1 Å². The van der Waals surface area contributed by atoms with Crippen LogP contribution >= 0.6 is 12.2 Å². The third-order valence-electron chi connectivity index (χ3n) is 1.90. The van der Waals surface area contributed by atoms with Gasteiger partial charge in [-0.25, -0.2) is 13.1 Å². The van der Waals surface area contributed by atoms with Gasteiger partial charge >= 0.3 is 0 Å². The first-order valence-electron chi connectivity index (χ1n) is 4.79. The van der Waals surface area contributed by atoms with Gasteiger partial charge in [0.15, 0.2) is 0 Å². The Morgan fingerprint density at radius 2 is 2.24 bits per heavy atom. The molecule has 0 aliphatic rings. The summed E-state index contributed by atoms with van der Waals surface area (Å²) in [6, 6.07) is 2.77. The third kappa shape index (κ3) is 3.99. The van der Waals surface area contributed by atoms with Crippen molar-refractivity contribution in [3.63, 3.8) is 0 Å². The molecule has 0 bridgehead atoms. The van der Waals surface area contributed by atoms with E-state index < -0.39 is 16.7 Å². The average Bonchev–Trinajstić information content (AvgIpc) is 2.29. The van der Waals surface area contributed by atoms with Crippen molar-refractivity contribution < 1.29 is 12.8 Å². The molecule has 0 radical (unpaired) electrons. The zero-order chi connectivity index (χ0) is 12.9. The van der Waals surface area contributed by atoms with Crippen LogP contribution in [0, 0.1) is 0 Å². The van der Waals surface area contributed by atoms with Crippen molar-refractivity contribution in [2.75, 3.05) is 13.2 Å². The summed E-state index contributed by atoms with van der Waals surface area (Å²) < 4.78 is 37.4. The summed E-state index contributed by atoms with van der Waals surface area (Å²) in [5.41, 5.74) is 5.68. The van der Waals surface area contributed by atoms with Crippen molar-refractivity contribution in [3.05, 3.63) is 24.0 Å². The number of rotatable bonds is 6. The number of nitrogens with zero attached hydrogens (tertiary/aromatic N) is 1. The van der Waals surface area contributed by atoms with Gasteiger partial charge < -0.3 is 5.73 Å². The molecule has 0 fully saturated rings. The van der Waals surface area contributed by atoms with Crippen LogP contribution in [-0.2, 0) is 10.0 Å². The Hall–Kier alpha value is -1.12. The Bertz CT molecular complexity index is 487. The minimum Gasteiger partial charge on any atom is -0.388 e. The van der Waals surface area contributed by atoms with E-state index in [0.29, 0.717) is 5.69 Å². The molecule has 0 unspecified atom stereocenters. The Morgan fingerprint density at radius 1 is 1.53 bits per heavy atom. The SMILES string of the molecule is NC(=S)c1ccc(S(=O)(=O)NCCCF)cn1. The van der Waals surface area contributed by atoms with Crippen LogP contribution in [0.4, 0.5) is 4.39 Å². The molecular weight excluding hydrogens is 265 g/mol. The van der Waals surface area contributed by atoms with Crippen molar-refractivity contribution in [3.8, 4) is 0 Å². The molecule has 0 saturated heterocycles. The second-order valence-corrected chi connectivity index (χ2v) is 5.39. The third-order valence-corrected chi connectivity index (χ3v) is 3.56. The molecule has 0 aliphatic heterocycles. The molecule has 17 heavy (non-hydrogen) atoms. The van der Waals surface area contributed by atoms with Crippen molar-refractivity contribution in [1.29, 1.82) is 0 Å². The zero-order valence-electron chi connectivity index (χ0n) is 8.89. The van der Waals surface area contributed by atoms with Gasteiger partial charge in [-0.05, 0) is 18.6 Å². The Balaban J connectivity index is 2.81. The number of hydrogen-bond donors (Lipinski definition) is 2. The van der Waals surface area contributed by atoms with Crippen molar-refractivity contribution in [2.45, 2.75) is 11.3 Å². The summed E-state index contributed by atoms with van der Waals surface area (Å²) in [7, 11) is -3.64. The largest absolute Gasteiger partial charge is 0.388 e. The Morgan fingerprint density at radius 3 is 2.71 bits per heavy atom. The van der Waals surface area contributed by atoms with E-state index in [9.17, 15) is 12.8 Å². The highest BCUT2D eigenvalue weighted by atomic mass is 32.2. The minimum atomic E-state index is -3.64. The van der Waals surface area contributed by atoms with E-state index in [1.54, 1.807) is 0 Å². The molecule has 0 aliphatic carbocycles. The van der Waals surface area contributed by atoms with Crippen molar-refractivity contribution >= 4 is 27.2 Å². The molecule has 0 atom stereocenters. The lowest BCUT2D eigenvalue weighted by atomic mass is 10.3. The summed E-state index contributed by atoms with van der Waals surface area (Å²) in [5.74, 6) is 0. The normalized spacial score (nSPS) is 11.4. The summed E-state index contributed by atoms with van der Waals surface area (Å²) >= 11 is 4.69. The molecule has 0 aromatic carbocycles. The zero-order valence-corrected chi connectivity index (χ0v) is 10.5. The van der Waals surface area contributed by atoms with E-state index in [-0.39, 0.29) is 22.8 Å². The number of alkyl halides is 1. The van der Waals surface area contributed by atoms with Gasteiger partial charge in [0.25, 0.3) is 0 Å². The van der Waals surface area contributed by atoms with E-state index in [1.165, 1.54) is 12.1 Å². The second-order valence-electron chi connectivity index (χ2n) is 3.18. The van der Waals surface area contributed by atoms with E-state index in [0.717, 1.165) is 6.20 Å². The van der Waals surface area contributed by atoms with Crippen LogP contribution in [0.1, 0.15) is 12.1 Å². The molecular formula is C9H12FN3O2S2. The number of pyridine rings is 1. The standard InChI is InChI=1S/C9H12FN3O2S2/c10-4-1-5-13-17(14,15)7-2-3-8(9(11)16)12-6-7/h2-3,6,13H,1,4-5H2,(H2,11,16). The average molecular weight is 277 g/mol. The first kappa shape index (κ1) is 13.9. The molecule has 1 rings (SSSR count). The quantitative estimate of drug-likeness (QED) is 0.579. The fraction of sp³-hybridized carbons (Fsp3) is 0.333. The Kier molecular flexibility index (Phi) is 4.91. The molecule has 5 nitrogen and oxygen atoms in total. The monoisotopic (exact) mass is 277 g/mol. The van der Waals surface area contributed by atoms with Crippen LogP contribution < -0.4 is 10.5 Å². The van der Waals surface area contributed by atoms with Gasteiger partial charge in [-0.1, -0.05) is 12.2 Å². The number of sulfonamides is 1. The summed E-state index contributed by atoms with van der Waals surface area (Å²) in [6.07, 6.45) is 1.30. The first-order chi connectivity index (χ1) is 7.97. The molecule has 0 amide bonds. The van der Waals surface area contributed by atoms with Gasteiger partial charge in [-0.3, -0.25) is 9.37 Å². The van der Waals surface area contributed by atoms with E-state index in [1.807, 2.05) is 0 Å². The summed E-state index contributed by atoms with van der Waals surface area (Å²) in [6.45, 7) is -0.517. The van der Waals surface area contributed by atoms with Crippen LogP contribution in [0.15, 0.2) is 23.2 Å². The number of nitrogens with two attached hydrogens (primary N) is 1. The van der Waals surface area contributed by atoms with E-state index >= 15 is 0 Å². The lowest BCUT2D eigenvalue weighted by Gasteiger charge is -2.05. The first-order valence-corrected chi connectivity index (χ1v) is 6.68. The van der Waals surface area contributed by atoms with Crippen LogP contribution in [0.2, 0.25) is 0 Å². The van der Waals surface area contributed by atoms with Crippen LogP contribution in [0.5, 0.6) is 0 Å². The van der Waals surface area contributed by atoms with Gasteiger partial charge in [-0.2, -0.15) is 0 Å². The number of nitrogens with one attached hydrogen (secondary N) is 1. The van der Waals surface area contributed by atoms with Crippen LogP contribution in [0.3, 0.4) is 0 Å². The fourth-order valence-corrected chi connectivity index (χ4v) is 2.18. The van der Waals surface area contributed by atoms with Crippen LogP contribution in [-0.4, -0.2) is 31.6 Å². The molecule has 1 aromatic rings. The smallest absolute Gasteiger partial charge is 0.242 e. The van der Waals surface area contributed by atoms with E-state index in [4.69, 9.17) is 18.0 Å². The highest BCUT2D eigenvalue weighted by molar-refractivity contribution is 7.89. The number of thiocarbonyl (C=S) groups is 1. The molecule has 0 spiro atoms. The van der Waals surface area contributed by atoms with Crippen molar-refractivity contribution in [2.24, 2.45) is 5.73 Å². The molecule has 0 saturated carbocycles. The lowest BCUT2D eigenvalue weighted by Crippen LogP contribution is -2.25. The maximum atomic E-state index is 11.8. The van der Waals surface area contributed by atoms with Gasteiger partial charge in [0, 0.05) is 12.7 Å². The van der Waals surface area contributed by atoms with Gasteiger partial charge in [-0.15, -0.1) is 0 Å². The lowest BCUT2D eigenvalue weighted by molar-refractivity contribution is 0.470. The number of halogens is 1. The highest BCUT2D eigenvalue weighted by Gasteiger charge is 2.13.